The van der Waals surface area contributed by atoms with Gasteiger partial charge in [-0.2, -0.15) is 13.2 Å². The van der Waals surface area contributed by atoms with Crippen LogP contribution in [-0.4, -0.2) is 34.9 Å². The number of fused-ring (bicyclic) bond motifs is 1. The zero-order valence-corrected chi connectivity index (χ0v) is 15.2. The summed E-state index contributed by atoms with van der Waals surface area (Å²) in [4.78, 5) is 24.4. The minimum atomic E-state index is -4.71. The van der Waals surface area contributed by atoms with Crippen molar-refractivity contribution in [2.45, 2.75) is 6.18 Å². The number of rotatable bonds is 3. The maximum atomic E-state index is 12.6. The summed E-state index contributed by atoms with van der Waals surface area (Å²) in [5.74, 6) is -0.926. The number of nitrogens with one attached hydrogen (secondary N) is 1. The number of pyridine rings is 2. The molecule has 148 valence electrons. The minimum Gasteiger partial charge on any atom is -0.395 e. The zero-order chi connectivity index (χ0) is 21.0. The highest BCUT2D eigenvalue weighted by molar-refractivity contribution is 6.11. The van der Waals surface area contributed by atoms with Crippen LogP contribution in [0, 0.1) is 0 Å². The molecule has 0 spiro atoms. The lowest BCUT2D eigenvalue weighted by molar-refractivity contribution is -0.0925. The van der Waals surface area contributed by atoms with Gasteiger partial charge < -0.3 is 11.1 Å². The van der Waals surface area contributed by atoms with Crippen LogP contribution in [-0.2, 0) is 0 Å². The van der Waals surface area contributed by atoms with Gasteiger partial charge in [-0.05, 0) is 35.9 Å². The smallest absolute Gasteiger partial charge is 0.395 e. The molecule has 29 heavy (non-hydrogen) atoms. The Hall–Kier alpha value is -3.75. The van der Waals surface area contributed by atoms with Crippen molar-refractivity contribution in [2.75, 3.05) is 7.05 Å². The number of aliphatic imine (C=N–C) groups is 1. The van der Waals surface area contributed by atoms with Gasteiger partial charge in [0.05, 0.1) is 5.52 Å². The van der Waals surface area contributed by atoms with E-state index in [1.165, 1.54) is 7.05 Å². The monoisotopic (exact) mass is 399 g/mol. The third-order valence-electron chi connectivity index (χ3n) is 4.06. The second kappa shape index (κ2) is 8.09. The summed E-state index contributed by atoms with van der Waals surface area (Å²) in [5, 5.41) is 3.11. The molecule has 0 radical (unpaired) electrons. The number of nitrogens with zero attached hydrogens (tertiary/aromatic N) is 3. The van der Waals surface area contributed by atoms with E-state index in [0.29, 0.717) is 11.6 Å². The van der Waals surface area contributed by atoms with E-state index < -0.39 is 17.8 Å². The third kappa shape index (κ3) is 4.75. The molecule has 0 saturated carbocycles. The van der Waals surface area contributed by atoms with E-state index in [-0.39, 0.29) is 11.4 Å². The first-order valence-corrected chi connectivity index (χ1v) is 8.40. The molecule has 0 aliphatic rings. The van der Waals surface area contributed by atoms with Crippen molar-refractivity contribution in [1.29, 1.82) is 0 Å². The van der Waals surface area contributed by atoms with Crippen LogP contribution < -0.4 is 11.1 Å². The van der Waals surface area contributed by atoms with Crippen molar-refractivity contribution < 1.29 is 18.0 Å². The van der Waals surface area contributed by atoms with Gasteiger partial charge in [0.2, 0.25) is 0 Å². The fourth-order valence-electron chi connectivity index (χ4n) is 2.54. The average molecular weight is 399 g/mol. The van der Waals surface area contributed by atoms with Crippen LogP contribution in [0.2, 0.25) is 0 Å². The molecule has 0 fully saturated rings. The standard InChI is InChI=1S/C20H16F3N5O/c1-25-18(10-17(24)20(21,22)23)28-19(29)14-3-2-13-8-15(11-27-16(13)9-14)12-4-6-26-7-5-12/h2-11H,24H2,1H3,(H,25,28,29)/b17-10-. The number of halogens is 3. The normalized spacial score (nSPS) is 12.8. The van der Waals surface area contributed by atoms with Crippen molar-refractivity contribution in [3.05, 3.63) is 72.3 Å². The van der Waals surface area contributed by atoms with E-state index in [4.69, 9.17) is 5.73 Å². The van der Waals surface area contributed by atoms with Gasteiger partial charge in [-0.1, -0.05) is 6.07 Å². The molecule has 0 unspecified atom stereocenters. The maximum absolute atomic E-state index is 12.6. The Bertz CT molecular complexity index is 1110. The average Bonchev–Trinajstić information content (AvgIpc) is 2.72. The Kier molecular flexibility index (Phi) is 5.58. The van der Waals surface area contributed by atoms with Crippen LogP contribution in [0.3, 0.4) is 0 Å². The summed E-state index contributed by atoms with van der Waals surface area (Å²) in [6.07, 6.45) is 0.892. The van der Waals surface area contributed by atoms with Gasteiger partial charge in [0.15, 0.2) is 0 Å². The predicted molar refractivity (Wildman–Crippen MR) is 104 cm³/mol. The molecule has 9 heteroatoms. The minimum absolute atomic E-state index is 0.224. The first-order valence-electron chi connectivity index (χ1n) is 8.40. The predicted octanol–water partition coefficient (Wildman–Crippen LogP) is 3.46. The highest BCUT2D eigenvalue weighted by Gasteiger charge is 2.31. The molecule has 3 aromatic rings. The van der Waals surface area contributed by atoms with Crippen LogP contribution >= 0.6 is 0 Å². The zero-order valence-electron chi connectivity index (χ0n) is 15.2. The molecule has 0 aliphatic heterocycles. The number of amides is 1. The van der Waals surface area contributed by atoms with Gasteiger partial charge in [-0.3, -0.25) is 19.8 Å². The molecular weight excluding hydrogens is 383 g/mol. The quantitative estimate of drug-likeness (QED) is 0.521. The summed E-state index contributed by atoms with van der Waals surface area (Å²) in [6.45, 7) is 0. The largest absolute Gasteiger partial charge is 0.430 e. The molecule has 6 nitrogen and oxygen atoms in total. The number of hydrogen-bond acceptors (Lipinski definition) is 5. The van der Waals surface area contributed by atoms with Crippen molar-refractivity contribution in [1.82, 2.24) is 15.3 Å². The van der Waals surface area contributed by atoms with Crippen molar-refractivity contribution >= 4 is 22.6 Å². The number of carbonyl (C=O) groups is 1. The second-order valence-corrected chi connectivity index (χ2v) is 6.03. The Balaban J connectivity index is 1.83. The van der Waals surface area contributed by atoms with Crippen LogP contribution in [0.1, 0.15) is 10.4 Å². The molecular formula is C20H16F3N5O. The first kappa shape index (κ1) is 20.0. The lowest BCUT2D eigenvalue weighted by Gasteiger charge is -2.09. The van der Waals surface area contributed by atoms with Crippen molar-refractivity contribution in [3.63, 3.8) is 0 Å². The summed E-state index contributed by atoms with van der Waals surface area (Å²) in [6, 6.07) is 10.5. The molecule has 0 saturated heterocycles. The molecule has 1 aromatic carbocycles. The van der Waals surface area contributed by atoms with Crippen molar-refractivity contribution in [2.24, 2.45) is 10.7 Å². The Morgan fingerprint density at radius 1 is 1.14 bits per heavy atom. The number of allylic oxidation sites excluding steroid dienone is 1. The molecule has 3 rings (SSSR count). The topological polar surface area (TPSA) is 93.3 Å². The third-order valence-corrected chi connectivity index (χ3v) is 4.06. The number of hydrogen-bond donors (Lipinski definition) is 2. The number of alkyl halides is 3. The van der Waals surface area contributed by atoms with E-state index in [0.717, 1.165) is 16.5 Å². The molecule has 0 atom stereocenters. The summed E-state index contributed by atoms with van der Waals surface area (Å²) >= 11 is 0. The Morgan fingerprint density at radius 2 is 1.86 bits per heavy atom. The SMILES string of the molecule is CN=C(/C=C(\N)C(F)(F)F)NC(=O)c1ccc2cc(-c3ccncc3)cnc2c1. The number of nitrogens with two attached hydrogens (primary N) is 1. The van der Waals surface area contributed by atoms with E-state index in [1.54, 1.807) is 36.8 Å². The molecule has 3 N–H and O–H groups in total. The summed E-state index contributed by atoms with van der Waals surface area (Å²) in [7, 11) is 1.25. The molecule has 0 aliphatic carbocycles. The van der Waals surface area contributed by atoms with E-state index >= 15 is 0 Å². The number of amidine groups is 1. The van der Waals surface area contributed by atoms with E-state index in [9.17, 15) is 18.0 Å². The lowest BCUT2D eigenvalue weighted by Crippen LogP contribution is -2.31. The fraction of sp³-hybridized carbons (Fsp3) is 0.100. The summed E-state index contributed by atoms with van der Waals surface area (Å²) in [5.41, 5.74) is 6.25. The first-order chi connectivity index (χ1) is 13.8. The Morgan fingerprint density at radius 3 is 2.52 bits per heavy atom. The van der Waals surface area contributed by atoms with Crippen LogP contribution in [0.25, 0.3) is 22.0 Å². The number of carbonyl (C=O) groups excluding carboxylic acids is 1. The highest BCUT2D eigenvalue weighted by atomic mass is 19.4. The molecule has 0 bridgehead atoms. The van der Waals surface area contributed by atoms with Crippen LogP contribution in [0.4, 0.5) is 13.2 Å². The lowest BCUT2D eigenvalue weighted by atomic mass is 10.1. The van der Waals surface area contributed by atoms with Gasteiger partial charge >= 0.3 is 6.18 Å². The Labute approximate surface area is 164 Å². The van der Waals surface area contributed by atoms with Crippen LogP contribution in [0.15, 0.2) is 71.8 Å². The van der Waals surface area contributed by atoms with Crippen LogP contribution in [0.5, 0.6) is 0 Å². The molecule has 2 aromatic heterocycles. The van der Waals surface area contributed by atoms with Crippen molar-refractivity contribution in [3.8, 4) is 11.1 Å². The number of aromatic nitrogens is 2. The van der Waals surface area contributed by atoms with Gasteiger partial charge in [0.1, 0.15) is 11.5 Å². The fourth-order valence-corrected chi connectivity index (χ4v) is 2.54. The van der Waals surface area contributed by atoms with Gasteiger partial charge in [-0.15, -0.1) is 0 Å². The number of benzene rings is 1. The van der Waals surface area contributed by atoms with Gasteiger partial charge in [-0.25, -0.2) is 0 Å². The van der Waals surface area contributed by atoms with Gasteiger partial charge in [0.25, 0.3) is 5.91 Å². The van der Waals surface area contributed by atoms with E-state index in [2.05, 4.69) is 20.3 Å². The highest BCUT2D eigenvalue weighted by Crippen LogP contribution is 2.23. The van der Waals surface area contributed by atoms with E-state index in [1.807, 2.05) is 18.2 Å². The summed E-state index contributed by atoms with van der Waals surface area (Å²) < 4.78 is 37.7. The second-order valence-electron chi connectivity index (χ2n) is 6.03. The molecule has 2 heterocycles. The maximum Gasteiger partial charge on any atom is 0.430 e. The van der Waals surface area contributed by atoms with Gasteiger partial charge in [0, 0.05) is 48.2 Å². The molecule has 1 amide bonds.